The van der Waals surface area contributed by atoms with E-state index in [1.165, 1.54) is 18.5 Å². The molecule has 3 heterocycles. The minimum absolute atomic E-state index is 0.217. The summed E-state index contributed by atoms with van der Waals surface area (Å²) in [6.07, 6.45) is 5.11. The number of anilines is 1. The van der Waals surface area contributed by atoms with E-state index in [0.29, 0.717) is 17.0 Å². The number of hydrogen-bond donors (Lipinski definition) is 2. The summed E-state index contributed by atoms with van der Waals surface area (Å²) in [5, 5.41) is 11.1. The van der Waals surface area contributed by atoms with Crippen LogP contribution in [0.15, 0.2) is 48.0 Å². The topological polar surface area (TPSA) is 59.6 Å². The second-order valence-corrected chi connectivity index (χ2v) is 10.4. The Bertz CT molecular complexity index is 1270. The van der Waals surface area contributed by atoms with Crippen molar-refractivity contribution in [1.29, 1.82) is 0 Å². The standard InChI is InChI=1S/C31H39FN6/c1-5-27-31(34-22(4)29-21(3)19-24(20-26(29)32)28-9-7-8-14-33-28)30(36-35-27)23-10-12-25(13-11-23)38-17-15-37(6-2)16-18-38/h5,10-13,19-20,28,33H,1,6-9,14-18H2,2-4H3,(H,35,36). The maximum absolute atomic E-state index is 15.5. The first kappa shape index (κ1) is 26.3. The molecule has 2 aliphatic rings. The SMILES string of the molecule is C=Cc1[nH]nc(-c2ccc(N3CCN(CC)CC3)cc2)c1N=C(C)c1c(C)cc(C2CCCCN2)cc1F. The summed E-state index contributed by atoms with van der Waals surface area (Å²) in [6.45, 7) is 16.3. The third kappa shape index (κ3) is 5.45. The number of aryl methyl sites for hydroxylation is 1. The Morgan fingerprint density at radius 1 is 1.16 bits per heavy atom. The maximum atomic E-state index is 15.5. The van der Waals surface area contributed by atoms with Crippen LogP contribution in [0.5, 0.6) is 0 Å². The van der Waals surface area contributed by atoms with E-state index in [0.717, 1.165) is 73.8 Å². The van der Waals surface area contributed by atoms with Gasteiger partial charge in [0.2, 0.25) is 0 Å². The minimum atomic E-state index is -0.230. The second kappa shape index (κ2) is 11.6. The van der Waals surface area contributed by atoms with Gasteiger partial charge in [-0.2, -0.15) is 5.10 Å². The summed E-state index contributed by atoms with van der Waals surface area (Å²) in [5.41, 5.74) is 7.41. The number of halogens is 1. The van der Waals surface area contributed by atoms with Crippen molar-refractivity contribution in [2.24, 2.45) is 4.99 Å². The third-order valence-electron chi connectivity index (χ3n) is 7.96. The van der Waals surface area contributed by atoms with Crippen molar-refractivity contribution in [3.05, 3.63) is 71.2 Å². The predicted molar refractivity (Wildman–Crippen MR) is 156 cm³/mol. The number of nitrogens with one attached hydrogen (secondary N) is 2. The van der Waals surface area contributed by atoms with Crippen LogP contribution in [0.25, 0.3) is 17.3 Å². The molecular formula is C31H39FN6. The number of hydrogen-bond acceptors (Lipinski definition) is 5. The molecule has 2 N–H and O–H groups in total. The highest BCUT2D eigenvalue weighted by Crippen LogP contribution is 2.35. The van der Waals surface area contributed by atoms with Gasteiger partial charge in [0.15, 0.2) is 0 Å². The maximum Gasteiger partial charge on any atom is 0.132 e. The number of piperazine rings is 1. The summed E-state index contributed by atoms with van der Waals surface area (Å²) < 4.78 is 15.5. The molecule has 2 saturated heterocycles. The lowest BCUT2D eigenvalue weighted by molar-refractivity contribution is 0.271. The molecule has 200 valence electrons. The number of H-pyrrole nitrogens is 1. The zero-order valence-corrected chi connectivity index (χ0v) is 22.9. The van der Waals surface area contributed by atoms with Gasteiger partial charge < -0.3 is 15.1 Å². The molecule has 3 aromatic rings. The lowest BCUT2D eigenvalue weighted by Crippen LogP contribution is -2.46. The largest absolute Gasteiger partial charge is 0.369 e. The van der Waals surface area contributed by atoms with Crippen LogP contribution in [-0.2, 0) is 0 Å². The predicted octanol–water partition coefficient (Wildman–Crippen LogP) is 6.26. The Morgan fingerprint density at radius 2 is 1.92 bits per heavy atom. The van der Waals surface area contributed by atoms with E-state index >= 15 is 4.39 Å². The average molecular weight is 515 g/mol. The second-order valence-electron chi connectivity index (χ2n) is 10.4. The fourth-order valence-electron chi connectivity index (χ4n) is 5.75. The van der Waals surface area contributed by atoms with Crippen molar-refractivity contribution in [3.63, 3.8) is 0 Å². The smallest absolute Gasteiger partial charge is 0.132 e. The Kier molecular flexibility index (Phi) is 8.05. The van der Waals surface area contributed by atoms with Crippen molar-refractivity contribution in [2.75, 3.05) is 44.2 Å². The fraction of sp³-hybridized carbons (Fsp3) is 0.419. The summed E-state index contributed by atoms with van der Waals surface area (Å²) >= 11 is 0. The van der Waals surface area contributed by atoms with E-state index in [4.69, 9.17) is 4.99 Å². The molecule has 0 bridgehead atoms. The zero-order chi connectivity index (χ0) is 26.6. The summed E-state index contributed by atoms with van der Waals surface area (Å²) in [7, 11) is 0. The number of aromatic nitrogens is 2. The van der Waals surface area contributed by atoms with Gasteiger partial charge in [0.25, 0.3) is 0 Å². The van der Waals surface area contributed by atoms with Crippen LogP contribution in [0, 0.1) is 12.7 Å². The fourth-order valence-corrected chi connectivity index (χ4v) is 5.75. The van der Waals surface area contributed by atoms with Crippen molar-refractivity contribution < 1.29 is 4.39 Å². The highest BCUT2D eigenvalue weighted by Gasteiger charge is 2.21. The lowest BCUT2D eigenvalue weighted by atomic mass is 9.93. The monoisotopic (exact) mass is 514 g/mol. The van der Waals surface area contributed by atoms with Crippen LogP contribution in [0.1, 0.15) is 61.5 Å². The number of likely N-dealkylation sites (N-methyl/N-ethyl adjacent to an activating group) is 1. The molecule has 0 radical (unpaired) electrons. The van der Waals surface area contributed by atoms with Crippen LogP contribution in [0.3, 0.4) is 0 Å². The highest BCUT2D eigenvalue weighted by atomic mass is 19.1. The molecule has 1 atom stereocenters. The summed E-state index contributed by atoms with van der Waals surface area (Å²) in [6, 6.07) is 12.5. The van der Waals surface area contributed by atoms with Gasteiger partial charge in [-0.15, -0.1) is 0 Å². The molecule has 5 rings (SSSR count). The van der Waals surface area contributed by atoms with Gasteiger partial charge in [-0.25, -0.2) is 9.38 Å². The van der Waals surface area contributed by atoms with Gasteiger partial charge >= 0.3 is 0 Å². The number of benzene rings is 2. The van der Waals surface area contributed by atoms with Crippen LogP contribution in [0.2, 0.25) is 0 Å². The number of aromatic amines is 1. The highest BCUT2D eigenvalue weighted by molar-refractivity contribution is 6.03. The van der Waals surface area contributed by atoms with Crippen LogP contribution < -0.4 is 10.2 Å². The molecule has 1 aromatic heterocycles. The quantitative estimate of drug-likeness (QED) is 0.365. The first-order chi connectivity index (χ1) is 18.5. The number of piperidine rings is 1. The van der Waals surface area contributed by atoms with Crippen molar-refractivity contribution in [2.45, 2.75) is 46.1 Å². The van der Waals surface area contributed by atoms with Gasteiger partial charge in [0, 0.05) is 54.7 Å². The average Bonchev–Trinajstić information content (AvgIpc) is 3.35. The van der Waals surface area contributed by atoms with E-state index in [2.05, 4.69) is 69.1 Å². The molecule has 2 fully saturated rings. The van der Waals surface area contributed by atoms with Gasteiger partial charge in [0.05, 0.1) is 5.69 Å². The van der Waals surface area contributed by atoms with E-state index in [1.54, 1.807) is 12.1 Å². The molecular weight excluding hydrogens is 475 g/mol. The summed E-state index contributed by atoms with van der Waals surface area (Å²) in [5.74, 6) is -0.230. The first-order valence-corrected chi connectivity index (χ1v) is 13.9. The third-order valence-corrected chi connectivity index (χ3v) is 7.96. The number of aliphatic imine (C=N–C) groups is 1. The van der Waals surface area contributed by atoms with Crippen LogP contribution >= 0.6 is 0 Å². The molecule has 0 saturated carbocycles. The molecule has 1 unspecified atom stereocenters. The van der Waals surface area contributed by atoms with E-state index in [9.17, 15) is 0 Å². The van der Waals surface area contributed by atoms with E-state index in [1.807, 2.05) is 13.8 Å². The van der Waals surface area contributed by atoms with Gasteiger partial charge in [-0.05, 0) is 75.2 Å². The van der Waals surface area contributed by atoms with Crippen LogP contribution in [0.4, 0.5) is 15.8 Å². The van der Waals surface area contributed by atoms with E-state index in [-0.39, 0.29) is 11.9 Å². The molecule has 2 aromatic carbocycles. The van der Waals surface area contributed by atoms with Crippen molar-refractivity contribution in [1.82, 2.24) is 20.4 Å². The molecule has 2 aliphatic heterocycles. The molecule has 38 heavy (non-hydrogen) atoms. The first-order valence-electron chi connectivity index (χ1n) is 13.9. The lowest BCUT2D eigenvalue weighted by Gasteiger charge is -2.35. The summed E-state index contributed by atoms with van der Waals surface area (Å²) in [4.78, 5) is 9.81. The number of rotatable bonds is 7. The Balaban J connectivity index is 1.42. The minimum Gasteiger partial charge on any atom is -0.369 e. The van der Waals surface area contributed by atoms with Gasteiger partial charge in [0.1, 0.15) is 17.2 Å². The van der Waals surface area contributed by atoms with E-state index < -0.39 is 0 Å². The Morgan fingerprint density at radius 3 is 2.55 bits per heavy atom. The molecule has 6 nitrogen and oxygen atoms in total. The molecule has 0 aliphatic carbocycles. The number of nitrogens with zero attached hydrogens (tertiary/aromatic N) is 4. The molecule has 7 heteroatoms. The van der Waals surface area contributed by atoms with Gasteiger partial charge in [-0.1, -0.05) is 38.1 Å². The van der Waals surface area contributed by atoms with Crippen molar-refractivity contribution in [3.8, 4) is 11.3 Å². The van der Waals surface area contributed by atoms with Crippen molar-refractivity contribution >= 4 is 23.2 Å². The van der Waals surface area contributed by atoms with Crippen LogP contribution in [-0.4, -0.2) is 60.1 Å². The zero-order valence-electron chi connectivity index (χ0n) is 22.9. The Hall–Kier alpha value is -3.29. The molecule has 0 amide bonds. The normalized spacial score (nSPS) is 19.1. The molecule has 0 spiro atoms. The Labute approximate surface area is 225 Å². The van der Waals surface area contributed by atoms with Gasteiger partial charge in [-0.3, -0.25) is 5.10 Å².